The lowest BCUT2D eigenvalue weighted by molar-refractivity contribution is -0.139. The second kappa shape index (κ2) is 13.2. The summed E-state index contributed by atoms with van der Waals surface area (Å²) in [7, 11) is 1.52. The van der Waals surface area contributed by atoms with Crippen LogP contribution in [0.25, 0.3) is 0 Å². The van der Waals surface area contributed by atoms with E-state index in [0.717, 1.165) is 0 Å². The van der Waals surface area contributed by atoms with Gasteiger partial charge in [-0.2, -0.15) is 0 Å². The molecule has 4 heteroatoms. The van der Waals surface area contributed by atoms with Crippen molar-refractivity contribution in [2.45, 2.75) is 21.8 Å². The number of ether oxygens (including phenoxy) is 3. The Morgan fingerprint density at radius 2 is 1.75 bits per heavy atom. The van der Waals surface area contributed by atoms with E-state index in [4.69, 9.17) is 9.47 Å². The molecular formula is C8H20O4. The summed E-state index contributed by atoms with van der Waals surface area (Å²) >= 11 is 0. The topological polar surface area (TPSA) is 44.8 Å². The fourth-order valence-corrected chi connectivity index (χ4v) is 0.362. The smallest absolute Gasteiger partial charge is 0.155 e. The largest absolute Gasteiger partial charge is 0.359 e. The number of hydrogen-bond donors (Lipinski definition) is 0. The van der Waals surface area contributed by atoms with Crippen molar-refractivity contribution in [3.63, 3.8) is 0 Å². The van der Waals surface area contributed by atoms with Gasteiger partial charge in [0.05, 0.1) is 0 Å². The first-order valence-corrected chi connectivity index (χ1v) is 2.91. The molecule has 0 aromatic rings. The molecule has 0 aliphatic carbocycles. The van der Waals surface area contributed by atoms with Gasteiger partial charge in [0.2, 0.25) is 0 Å². The molecule has 4 nitrogen and oxygen atoms in total. The molecule has 0 saturated heterocycles. The van der Waals surface area contributed by atoms with E-state index in [2.05, 4.69) is 4.74 Å². The standard InChI is InChI=1S/C6H12O4.2CH4/c1-6(7)3-9-5-10-4-8-2;;/h3-5H2,1-2H3;2*1H4. The lowest BCUT2D eigenvalue weighted by atomic mass is 10.5. The van der Waals surface area contributed by atoms with E-state index in [1.165, 1.54) is 14.0 Å². The molecule has 0 radical (unpaired) electrons. The molecule has 0 aliphatic rings. The summed E-state index contributed by atoms with van der Waals surface area (Å²) in [6.07, 6.45) is 0. The van der Waals surface area contributed by atoms with Gasteiger partial charge in [-0.05, 0) is 6.92 Å². The molecule has 0 unspecified atom stereocenters. The molecule has 0 bridgehead atoms. The van der Waals surface area contributed by atoms with Crippen LogP contribution in [0.3, 0.4) is 0 Å². The van der Waals surface area contributed by atoms with E-state index in [1.807, 2.05) is 0 Å². The van der Waals surface area contributed by atoms with Crippen molar-refractivity contribution in [2.75, 3.05) is 27.3 Å². The van der Waals surface area contributed by atoms with Crippen molar-refractivity contribution in [2.24, 2.45) is 0 Å². The van der Waals surface area contributed by atoms with Crippen LogP contribution in [0, 0.1) is 0 Å². The average molecular weight is 180 g/mol. The normalized spacial score (nSPS) is 8.17. The highest BCUT2D eigenvalue weighted by atomic mass is 16.7. The van der Waals surface area contributed by atoms with E-state index in [0.29, 0.717) is 0 Å². The van der Waals surface area contributed by atoms with Crippen LogP contribution >= 0.6 is 0 Å². The molecule has 0 aromatic carbocycles. The van der Waals surface area contributed by atoms with E-state index in [9.17, 15) is 4.79 Å². The lowest BCUT2D eigenvalue weighted by Crippen LogP contribution is -2.08. The van der Waals surface area contributed by atoms with Crippen molar-refractivity contribution < 1.29 is 19.0 Å². The molecule has 0 rings (SSSR count). The predicted molar refractivity (Wildman–Crippen MR) is 47.9 cm³/mol. The maximum absolute atomic E-state index is 10.3. The Morgan fingerprint density at radius 1 is 1.17 bits per heavy atom. The van der Waals surface area contributed by atoms with Crippen LogP contribution in [0.5, 0.6) is 0 Å². The molecule has 12 heavy (non-hydrogen) atoms. The highest BCUT2D eigenvalue weighted by Gasteiger charge is 1.91. The molecule has 0 aliphatic heterocycles. The SMILES string of the molecule is C.C.COCOCOCC(C)=O. The first kappa shape index (κ1) is 17.6. The predicted octanol–water partition coefficient (Wildman–Crippen LogP) is 1.44. The third-order valence-corrected chi connectivity index (χ3v) is 0.673. The molecule has 0 fully saturated rings. The van der Waals surface area contributed by atoms with Crippen molar-refractivity contribution in [1.29, 1.82) is 0 Å². The summed E-state index contributed by atoms with van der Waals surface area (Å²) in [6.45, 7) is 1.85. The summed E-state index contributed by atoms with van der Waals surface area (Å²) in [4.78, 5) is 10.3. The van der Waals surface area contributed by atoms with Gasteiger partial charge in [0, 0.05) is 7.11 Å². The number of Topliss-reactive ketones (excluding diaryl/α,β-unsaturated/α-hetero) is 1. The molecule has 0 amide bonds. The number of carbonyl (C=O) groups is 1. The number of methoxy groups -OCH3 is 1. The minimum atomic E-state index is -0.0129. The average Bonchev–Trinajstić information content (AvgIpc) is 1.87. The maximum atomic E-state index is 10.3. The van der Waals surface area contributed by atoms with Crippen molar-refractivity contribution in [1.82, 2.24) is 0 Å². The van der Waals surface area contributed by atoms with E-state index in [1.54, 1.807) is 0 Å². The Morgan fingerprint density at radius 3 is 2.17 bits per heavy atom. The van der Waals surface area contributed by atoms with Gasteiger partial charge in [-0.1, -0.05) is 14.9 Å². The Bertz CT molecular complexity index is 93.1. The van der Waals surface area contributed by atoms with Crippen LogP contribution in [-0.2, 0) is 19.0 Å². The molecule has 0 aromatic heterocycles. The third kappa shape index (κ3) is 16.3. The Kier molecular flexibility index (Phi) is 19.3. The fourth-order valence-electron chi connectivity index (χ4n) is 0.362. The van der Waals surface area contributed by atoms with Gasteiger partial charge in [-0.15, -0.1) is 0 Å². The second-order valence-corrected chi connectivity index (χ2v) is 1.78. The van der Waals surface area contributed by atoms with Crippen LogP contribution in [0.2, 0.25) is 0 Å². The zero-order valence-electron chi connectivity index (χ0n) is 6.25. The van der Waals surface area contributed by atoms with E-state index < -0.39 is 0 Å². The quantitative estimate of drug-likeness (QED) is 0.458. The van der Waals surface area contributed by atoms with E-state index >= 15 is 0 Å². The monoisotopic (exact) mass is 180 g/mol. The Labute approximate surface area is 74.8 Å². The van der Waals surface area contributed by atoms with Gasteiger partial charge < -0.3 is 14.2 Å². The molecule has 0 saturated carbocycles. The molecule has 0 spiro atoms. The van der Waals surface area contributed by atoms with E-state index in [-0.39, 0.29) is 40.8 Å². The van der Waals surface area contributed by atoms with Crippen molar-refractivity contribution in [3.8, 4) is 0 Å². The minimum Gasteiger partial charge on any atom is -0.359 e. The molecule has 76 valence electrons. The van der Waals surface area contributed by atoms with Crippen LogP contribution < -0.4 is 0 Å². The Balaban J connectivity index is -0.000000405. The fraction of sp³-hybridized carbons (Fsp3) is 0.875. The van der Waals surface area contributed by atoms with Crippen molar-refractivity contribution >= 4 is 5.78 Å². The number of rotatable bonds is 6. The number of hydrogen-bond acceptors (Lipinski definition) is 4. The first-order valence-electron chi connectivity index (χ1n) is 2.91. The lowest BCUT2D eigenvalue weighted by Gasteiger charge is -2.01. The number of carbonyl (C=O) groups excluding carboxylic acids is 1. The zero-order chi connectivity index (χ0) is 7.82. The number of ketones is 1. The third-order valence-electron chi connectivity index (χ3n) is 0.673. The maximum Gasteiger partial charge on any atom is 0.155 e. The molecule has 0 N–H and O–H groups in total. The molecule has 0 heterocycles. The van der Waals surface area contributed by atoms with Gasteiger partial charge in [0.1, 0.15) is 20.2 Å². The van der Waals surface area contributed by atoms with Gasteiger partial charge in [0.15, 0.2) is 5.78 Å². The van der Waals surface area contributed by atoms with Gasteiger partial charge in [-0.25, -0.2) is 0 Å². The molecular weight excluding hydrogens is 160 g/mol. The van der Waals surface area contributed by atoms with Gasteiger partial charge >= 0.3 is 0 Å². The summed E-state index contributed by atoms with van der Waals surface area (Å²) < 4.78 is 14.0. The van der Waals surface area contributed by atoms with Crippen molar-refractivity contribution in [3.05, 3.63) is 0 Å². The van der Waals surface area contributed by atoms with Crippen LogP contribution in [-0.4, -0.2) is 33.1 Å². The highest BCUT2D eigenvalue weighted by Crippen LogP contribution is 1.79. The first-order chi connectivity index (χ1) is 4.77. The Hall–Kier alpha value is -0.450. The molecule has 0 atom stereocenters. The summed E-state index contributed by atoms with van der Waals surface area (Å²) in [5, 5.41) is 0. The van der Waals surface area contributed by atoms with Crippen LogP contribution in [0.1, 0.15) is 21.8 Å². The van der Waals surface area contributed by atoms with Gasteiger partial charge in [0.25, 0.3) is 0 Å². The second-order valence-electron chi connectivity index (χ2n) is 1.78. The van der Waals surface area contributed by atoms with Gasteiger partial charge in [-0.3, -0.25) is 4.79 Å². The summed E-state index contributed by atoms with van der Waals surface area (Å²) in [6, 6.07) is 0. The van der Waals surface area contributed by atoms with Crippen LogP contribution in [0.4, 0.5) is 0 Å². The minimum absolute atomic E-state index is 0. The summed E-state index contributed by atoms with van der Waals surface area (Å²) in [5.41, 5.74) is 0. The summed E-state index contributed by atoms with van der Waals surface area (Å²) in [5.74, 6) is -0.0129. The van der Waals surface area contributed by atoms with Crippen LogP contribution in [0.15, 0.2) is 0 Å². The highest BCUT2D eigenvalue weighted by molar-refractivity contribution is 5.76. The zero-order valence-corrected chi connectivity index (χ0v) is 6.25.